The molecule has 170 valence electrons. The van der Waals surface area contributed by atoms with Crippen LogP contribution in [0.15, 0.2) is 53.7 Å². The minimum absolute atomic E-state index is 0.285. The lowest BCUT2D eigenvalue weighted by molar-refractivity contribution is -0.274. The highest BCUT2D eigenvalue weighted by molar-refractivity contribution is 6.01. The third-order valence-electron chi connectivity index (χ3n) is 5.40. The summed E-state index contributed by atoms with van der Waals surface area (Å²) < 4.78 is 40.4. The Labute approximate surface area is 182 Å². The van der Waals surface area contributed by atoms with Gasteiger partial charge in [0.2, 0.25) is 0 Å². The van der Waals surface area contributed by atoms with E-state index in [-0.39, 0.29) is 11.4 Å². The predicted octanol–water partition coefficient (Wildman–Crippen LogP) is 5.02. The van der Waals surface area contributed by atoms with Crippen molar-refractivity contribution < 1.29 is 32.4 Å². The minimum Gasteiger partial charge on any atom is -0.406 e. The van der Waals surface area contributed by atoms with Crippen LogP contribution in [0.3, 0.4) is 0 Å². The smallest absolute Gasteiger partial charge is 0.406 e. The molecule has 2 aliphatic heterocycles. The van der Waals surface area contributed by atoms with Crippen molar-refractivity contribution in [2.45, 2.75) is 38.1 Å². The summed E-state index contributed by atoms with van der Waals surface area (Å²) >= 11 is 0. The molecule has 7 nitrogen and oxygen atoms in total. The molecule has 2 aliphatic rings. The molecule has 1 spiro atoms. The van der Waals surface area contributed by atoms with Crippen LogP contribution in [0.1, 0.15) is 30.4 Å². The third-order valence-corrected chi connectivity index (χ3v) is 5.40. The number of carbonyl (C=O) groups excluding carboxylic acids is 1. The van der Waals surface area contributed by atoms with Gasteiger partial charge >= 0.3 is 12.5 Å². The van der Waals surface area contributed by atoms with Crippen molar-refractivity contribution >= 4 is 17.5 Å². The molecule has 0 atom stereocenters. The second-order valence-electron chi connectivity index (χ2n) is 7.86. The van der Waals surface area contributed by atoms with Gasteiger partial charge in [0.05, 0.1) is 5.71 Å². The van der Waals surface area contributed by atoms with Gasteiger partial charge in [0.25, 0.3) is 0 Å². The summed E-state index contributed by atoms with van der Waals surface area (Å²) in [5.41, 5.74) is 3.02. The van der Waals surface area contributed by atoms with E-state index in [1.165, 1.54) is 22.8 Å². The van der Waals surface area contributed by atoms with E-state index >= 15 is 0 Å². The Kier molecular flexibility index (Phi) is 5.96. The first-order valence-corrected chi connectivity index (χ1v) is 10.1. The van der Waals surface area contributed by atoms with Gasteiger partial charge in [-0.15, -0.1) is 18.2 Å². The van der Waals surface area contributed by atoms with E-state index < -0.39 is 18.1 Å². The number of aryl methyl sites for hydroxylation is 1. The monoisotopic (exact) mass is 449 g/mol. The molecule has 1 amide bonds. The van der Waals surface area contributed by atoms with Crippen LogP contribution >= 0.6 is 0 Å². The van der Waals surface area contributed by atoms with E-state index in [4.69, 9.17) is 9.68 Å². The molecule has 0 aliphatic carbocycles. The second-order valence-corrected chi connectivity index (χ2v) is 7.86. The average molecular weight is 449 g/mol. The van der Waals surface area contributed by atoms with Gasteiger partial charge in [-0.1, -0.05) is 35.0 Å². The number of hydroxylamine groups is 2. The van der Waals surface area contributed by atoms with Crippen molar-refractivity contribution in [3.63, 3.8) is 0 Å². The van der Waals surface area contributed by atoms with Crippen molar-refractivity contribution in [2.75, 3.05) is 18.4 Å². The number of anilines is 1. The van der Waals surface area contributed by atoms with E-state index in [9.17, 15) is 18.0 Å². The molecule has 2 heterocycles. The van der Waals surface area contributed by atoms with Crippen molar-refractivity contribution in [1.82, 2.24) is 5.06 Å². The standard InChI is InChI=1S/C22H22F3N3O4/c1-15-2-4-16(5-3-15)19-14-21(32-27-19)10-12-28(13-11-21)31-20(29)26-17-6-8-18(9-7-17)30-22(23,24)25/h2-9H,10-14H2,1H3,(H,26,29). The Morgan fingerprint density at radius 2 is 1.75 bits per heavy atom. The lowest BCUT2D eigenvalue weighted by atomic mass is 9.86. The number of oxime groups is 1. The van der Waals surface area contributed by atoms with Crippen LogP contribution in [-0.2, 0) is 9.68 Å². The fraction of sp³-hybridized carbons (Fsp3) is 0.364. The zero-order chi connectivity index (χ0) is 22.8. The van der Waals surface area contributed by atoms with Gasteiger partial charge in [-0.25, -0.2) is 4.79 Å². The average Bonchev–Trinajstić information content (AvgIpc) is 3.15. The SMILES string of the molecule is Cc1ccc(C2=NOC3(CCN(OC(=O)Nc4ccc(OC(F)(F)F)cc4)CC3)C2)cc1. The van der Waals surface area contributed by atoms with Crippen molar-refractivity contribution in [3.8, 4) is 5.75 Å². The number of piperidine rings is 1. The lowest BCUT2D eigenvalue weighted by Gasteiger charge is -2.35. The number of amides is 1. The third kappa shape index (κ3) is 5.50. The summed E-state index contributed by atoms with van der Waals surface area (Å²) in [7, 11) is 0. The predicted molar refractivity (Wildman–Crippen MR) is 110 cm³/mol. The normalized spacial score (nSPS) is 18.1. The van der Waals surface area contributed by atoms with E-state index in [1.54, 1.807) is 0 Å². The van der Waals surface area contributed by atoms with Crippen LogP contribution in [0.4, 0.5) is 23.7 Å². The number of hydrogen-bond acceptors (Lipinski definition) is 6. The number of alkyl halides is 3. The molecule has 1 saturated heterocycles. The molecule has 1 N–H and O–H groups in total. The summed E-state index contributed by atoms with van der Waals surface area (Å²) in [6, 6.07) is 12.9. The number of nitrogens with one attached hydrogen (secondary N) is 1. The topological polar surface area (TPSA) is 72.4 Å². The summed E-state index contributed by atoms with van der Waals surface area (Å²) in [6.07, 6.45) is -3.52. The Morgan fingerprint density at radius 3 is 2.38 bits per heavy atom. The van der Waals surface area contributed by atoms with E-state index in [0.717, 1.165) is 23.4 Å². The fourth-order valence-electron chi connectivity index (χ4n) is 3.67. The number of carbonyl (C=O) groups is 1. The summed E-state index contributed by atoms with van der Waals surface area (Å²) in [4.78, 5) is 23.2. The van der Waals surface area contributed by atoms with E-state index in [2.05, 4.69) is 15.2 Å². The largest absolute Gasteiger partial charge is 0.573 e. The van der Waals surface area contributed by atoms with Crippen molar-refractivity contribution in [1.29, 1.82) is 0 Å². The van der Waals surface area contributed by atoms with Crippen LogP contribution in [-0.4, -0.2) is 41.9 Å². The number of ether oxygens (including phenoxy) is 1. The maximum Gasteiger partial charge on any atom is 0.573 e. The molecule has 4 rings (SSSR count). The zero-order valence-corrected chi connectivity index (χ0v) is 17.3. The van der Waals surface area contributed by atoms with Gasteiger partial charge in [-0.05, 0) is 36.8 Å². The first-order valence-electron chi connectivity index (χ1n) is 10.1. The number of hydrogen-bond donors (Lipinski definition) is 1. The Morgan fingerprint density at radius 1 is 1.09 bits per heavy atom. The maximum atomic E-state index is 12.2. The molecule has 1 fully saturated rings. The molecule has 2 aromatic rings. The minimum atomic E-state index is -4.77. The fourth-order valence-corrected chi connectivity index (χ4v) is 3.67. The number of rotatable bonds is 4. The van der Waals surface area contributed by atoms with Crippen molar-refractivity contribution in [2.24, 2.45) is 5.16 Å². The molecule has 0 bridgehead atoms. The number of benzene rings is 2. The highest BCUT2D eigenvalue weighted by Gasteiger charge is 2.43. The molecule has 0 radical (unpaired) electrons. The second kappa shape index (κ2) is 8.70. The molecule has 0 aromatic heterocycles. The van der Waals surface area contributed by atoms with E-state index in [0.29, 0.717) is 32.4 Å². The van der Waals surface area contributed by atoms with Crippen molar-refractivity contribution in [3.05, 3.63) is 59.7 Å². The number of nitrogens with zero attached hydrogens (tertiary/aromatic N) is 2. The van der Waals surface area contributed by atoms with Crippen LogP contribution in [0.5, 0.6) is 5.75 Å². The van der Waals surface area contributed by atoms with Gasteiger partial charge in [-0.2, -0.15) is 0 Å². The van der Waals surface area contributed by atoms with Crippen LogP contribution in [0.2, 0.25) is 0 Å². The Hall–Kier alpha value is -3.27. The summed E-state index contributed by atoms with van der Waals surface area (Å²) in [6.45, 7) is 2.98. The van der Waals surface area contributed by atoms with Crippen LogP contribution in [0.25, 0.3) is 0 Å². The van der Waals surface area contributed by atoms with Gasteiger partial charge in [-0.3, -0.25) is 5.32 Å². The molecule has 32 heavy (non-hydrogen) atoms. The first-order chi connectivity index (χ1) is 15.2. The molecule has 0 saturated carbocycles. The van der Waals surface area contributed by atoms with Gasteiger partial charge in [0, 0.05) is 38.0 Å². The van der Waals surface area contributed by atoms with Gasteiger partial charge < -0.3 is 14.4 Å². The molecule has 2 aromatic carbocycles. The maximum absolute atomic E-state index is 12.2. The molecule has 10 heteroatoms. The summed E-state index contributed by atoms with van der Waals surface area (Å²) in [5, 5.41) is 8.30. The quantitative estimate of drug-likeness (QED) is 0.710. The van der Waals surface area contributed by atoms with Crippen LogP contribution < -0.4 is 10.1 Å². The highest BCUT2D eigenvalue weighted by Crippen LogP contribution is 2.36. The Bertz CT molecular complexity index is 983. The molecular weight excluding hydrogens is 427 g/mol. The number of halogens is 3. The first kappa shape index (κ1) is 21.9. The molecular formula is C22H22F3N3O4. The van der Waals surface area contributed by atoms with Gasteiger partial charge in [0.1, 0.15) is 11.4 Å². The Balaban J connectivity index is 1.24. The van der Waals surface area contributed by atoms with E-state index in [1.807, 2.05) is 31.2 Å². The lowest BCUT2D eigenvalue weighted by Crippen LogP contribution is -2.45. The zero-order valence-electron chi connectivity index (χ0n) is 17.3. The highest BCUT2D eigenvalue weighted by atomic mass is 19.4. The molecule has 0 unspecified atom stereocenters. The van der Waals surface area contributed by atoms with Gasteiger partial charge in [0.15, 0.2) is 0 Å². The summed E-state index contributed by atoms with van der Waals surface area (Å²) in [5.74, 6) is -0.374. The van der Waals surface area contributed by atoms with Crippen LogP contribution in [0, 0.1) is 6.92 Å².